The molecule has 1 atom stereocenters. The van der Waals surface area contributed by atoms with Crippen molar-refractivity contribution >= 4 is 15.9 Å². The SMILES string of the molecule is CC(O)C(C)(C)NCc1c(F)ccc(Br)c1F. The van der Waals surface area contributed by atoms with E-state index in [1.807, 2.05) is 0 Å². The number of nitrogens with one attached hydrogen (secondary N) is 1. The van der Waals surface area contributed by atoms with Crippen molar-refractivity contribution in [1.29, 1.82) is 0 Å². The van der Waals surface area contributed by atoms with Crippen molar-refractivity contribution in [3.63, 3.8) is 0 Å². The predicted octanol–water partition coefficient (Wildman–Crippen LogP) is 2.98. The minimum atomic E-state index is -0.624. The molecule has 0 spiro atoms. The molecule has 1 unspecified atom stereocenters. The van der Waals surface area contributed by atoms with E-state index >= 15 is 0 Å². The summed E-state index contributed by atoms with van der Waals surface area (Å²) in [5.74, 6) is -1.21. The minimum absolute atomic E-state index is 0.0228. The number of hydrogen-bond acceptors (Lipinski definition) is 2. The number of hydrogen-bond donors (Lipinski definition) is 2. The Morgan fingerprint density at radius 3 is 2.53 bits per heavy atom. The molecule has 0 aliphatic carbocycles. The normalized spacial score (nSPS) is 13.8. The molecule has 0 radical (unpaired) electrons. The van der Waals surface area contributed by atoms with Crippen molar-refractivity contribution < 1.29 is 13.9 Å². The van der Waals surface area contributed by atoms with Gasteiger partial charge in [0, 0.05) is 17.6 Å². The fourth-order valence-corrected chi connectivity index (χ4v) is 1.57. The molecule has 2 N–H and O–H groups in total. The Morgan fingerprint density at radius 2 is 2.00 bits per heavy atom. The summed E-state index contributed by atoms with van der Waals surface area (Å²) in [6.07, 6.45) is -0.624. The third-order valence-corrected chi connectivity index (χ3v) is 3.52. The van der Waals surface area contributed by atoms with E-state index in [4.69, 9.17) is 0 Å². The van der Waals surface area contributed by atoms with Crippen LogP contribution in [0, 0.1) is 11.6 Å². The molecule has 0 heterocycles. The van der Waals surface area contributed by atoms with Gasteiger partial charge in [-0.2, -0.15) is 0 Å². The Bertz CT molecular complexity index is 408. The molecule has 2 nitrogen and oxygen atoms in total. The lowest BCUT2D eigenvalue weighted by Gasteiger charge is -2.29. The largest absolute Gasteiger partial charge is 0.392 e. The molecular formula is C12H16BrF2NO. The summed E-state index contributed by atoms with van der Waals surface area (Å²) < 4.78 is 27.3. The fourth-order valence-electron chi connectivity index (χ4n) is 1.20. The zero-order valence-corrected chi connectivity index (χ0v) is 11.6. The van der Waals surface area contributed by atoms with Crippen LogP contribution in [-0.4, -0.2) is 16.7 Å². The first-order chi connectivity index (χ1) is 7.75. The van der Waals surface area contributed by atoms with Gasteiger partial charge in [-0.25, -0.2) is 8.78 Å². The van der Waals surface area contributed by atoms with E-state index in [9.17, 15) is 13.9 Å². The van der Waals surface area contributed by atoms with E-state index < -0.39 is 23.3 Å². The molecule has 0 fully saturated rings. The van der Waals surface area contributed by atoms with Gasteiger partial charge in [0.05, 0.1) is 10.6 Å². The molecule has 0 aromatic heterocycles. The zero-order chi connectivity index (χ0) is 13.2. The molecule has 96 valence electrons. The van der Waals surface area contributed by atoms with Gasteiger partial charge >= 0.3 is 0 Å². The average Bonchev–Trinajstić information content (AvgIpc) is 2.23. The maximum absolute atomic E-state index is 13.6. The minimum Gasteiger partial charge on any atom is -0.392 e. The van der Waals surface area contributed by atoms with Gasteiger partial charge in [0.1, 0.15) is 11.6 Å². The summed E-state index contributed by atoms with van der Waals surface area (Å²) in [6.45, 7) is 5.19. The molecule has 1 aromatic carbocycles. The van der Waals surface area contributed by atoms with Gasteiger partial charge in [0.15, 0.2) is 0 Å². The second kappa shape index (κ2) is 5.42. The zero-order valence-electron chi connectivity index (χ0n) is 10.0. The maximum atomic E-state index is 13.6. The summed E-state index contributed by atoms with van der Waals surface area (Å²) in [5, 5.41) is 12.4. The van der Waals surface area contributed by atoms with Gasteiger partial charge in [0.25, 0.3) is 0 Å². The van der Waals surface area contributed by atoms with Gasteiger partial charge in [0.2, 0.25) is 0 Å². The number of benzene rings is 1. The second-order valence-corrected chi connectivity index (χ2v) is 5.43. The van der Waals surface area contributed by atoms with Crippen molar-refractivity contribution in [1.82, 2.24) is 5.32 Å². The van der Waals surface area contributed by atoms with Crippen molar-refractivity contribution in [2.24, 2.45) is 0 Å². The van der Waals surface area contributed by atoms with Crippen LogP contribution in [0.15, 0.2) is 16.6 Å². The molecule has 5 heteroatoms. The lowest BCUT2D eigenvalue weighted by Crippen LogP contribution is -2.47. The van der Waals surface area contributed by atoms with Gasteiger partial charge in [-0.05, 0) is 48.8 Å². The van der Waals surface area contributed by atoms with Crippen LogP contribution >= 0.6 is 15.9 Å². The summed E-state index contributed by atoms with van der Waals surface area (Å²) in [6, 6.07) is 2.54. The van der Waals surface area contributed by atoms with Crippen LogP contribution in [0.25, 0.3) is 0 Å². The molecule has 17 heavy (non-hydrogen) atoms. The Kier molecular flexibility index (Phi) is 4.63. The molecular weight excluding hydrogens is 292 g/mol. The summed E-state index contributed by atoms with van der Waals surface area (Å²) in [4.78, 5) is 0. The van der Waals surface area contributed by atoms with E-state index in [1.54, 1.807) is 20.8 Å². The predicted molar refractivity (Wildman–Crippen MR) is 66.7 cm³/mol. The monoisotopic (exact) mass is 307 g/mol. The lowest BCUT2D eigenvalue weighted by atomic mass is 9.98. The molecule has 0 saturated carbocycles. The molecule has 0 aliphatic heterocycles. The lowest BCUT2D eigenvalue weighted by molar-refractivity contribution is 0.0951. The summed E-state index contributed by atoms with van der Waals surface area (Å²) in [7, 11) is 0. The third-order valence-electron chi connectivity index (χ3n) is 2.90. The molecule has 1 aromatic rings. The molecule has 1 rings (SSSR count). The Balaban J connectivity index is 2.87. The van der Waals surface area contributed by atoms with Crippen LogP contribution < -0.4 is 5.32 Å². The van der Waals surface area contributed by atoms with Gasteiger partial charge in [-0.1, -0.05) is 0 Å². The van der Waals surface area contributed by atoms with Crippen LogP contribution in [0.4, 0.5) is 8.78 Å². The quantitative estimate of drug-likeness (QED) is 0.838. The van der Waals surface area contributed by atoms with E-state index in [2.05, 4.69) is 21.2 Å². The van der Waals surface area contributed by atoms with E-state index in [0.29, 0.717) is 0 Å². The Hall–Kier alpha value is -0.520. The number of aliphatic hydroxyl groups is 1. The third kappa shape index (κ3) is 3.47. The van der Waals surface area contributed by atoms with Crippen molar-refractivity contribution in [3.05, 3.63) is 33.8 Å². The first-order valence-corrected chi connectivity index (χ1v) is 6.10. The van der Waals surface area contributed by atoms with Crippen molar-refractivity contribution in [2.75, 3.05) is 0 Å². The molecule has 0 amide bonds. The standard InChI is InChI=1S/C12H16BrF2NO/c1-7(17)12(2,3)16-6-8-10(14)5-4-9(13)11(8)15/h4-5,7,16-17H,6H2,1-3H3. The molecule has 0 saturated heterocycles. The summed E-state index contributed by atoms with van der Waals surface area (Å²) in [5.41, 5.74) is -0.644. The highest BCUT2D eigenvalue weighted by Gasteiger charge is 2.24. The maximum Gasteiger partial charge on any atom is 0.144 e. The van der Waals surface area contributed by atoms with Gasteiger partial charge < -0.3 is 10.4 Å². The molecule has 0 aliphatic rings. The van der Waals surface area contributed by atoms with E-state index in [1.165, 1.54) is 12.1 Å². The van der Waals surface area contributed by atoms with E-state index in [-0.39, 0.29) is 16.6 Å². The van der Waals surface area contributed by atoms with Crippen LogP contribution in [0.5, 0.6) is 0 Å². The smallest absolute Gasteiger partial charge is 0.144 e. The number of halogens is 3. The average molecular weight is 308 g/mol. The van der Waals surface area contributed by atoms with Crippen LogP contribution in [0.1, 0.15) is 26.3 Å². The highest BCUT2D eigenvalue weighted by molar-refractivity contribution is 9.10. The van der Waals surface area contributed by atoms with E-state index in [0.717, 1.165) is 0 Å². The number of rotatable bonds is 4. The Morgan fingerprint density at radius 1 is 1.41 bits per heavy atom. The first kappa shape index (κ1) is 14.5. The van der Waals surface area contributed by atoms with Crippen LogP contribution in [0.2, 0.25) is 0 Å². The fraction of sp³-hybridized carbons (Fsp3) is 0.500. The van der Waals surface area contributed by atoms with Crippen molar-refractivity contribution in [3.8, 4) is 0 Å². The number of aliphatic hydroxyl groups excluding tert-OH is 1. The van der Waals surface area contributed by atoms with Crippen LogP contribution in [-0.2, 0) is 6.54 Å². The first-order valence-electron chi connectivity index (χ1n) is 5.31. The van der Waals surface area contributed by atoms with Gasteiger partial charge in [-0.15, -0.1) is 0 Å². The topological polar surface area (TPSA) is 32.3 Å². The highest BCUT2D eigenvalue weighted by Crippen LogP contribution is 2.22. The molecule has 0 bridgehead atoms. The van der Waals surface area contributed by atoms with Crippen molar-refractivity contribution in [2.45, 2.75) is 39.0 Å². The highest BCUT2D eigenvalue weighted by atomic mass is 79.9. The Labute approximate surface area is 108 Å². The van der Waals surface area contributed by atoms with Crippen LogP contribution in [0.3, 0.4) is 0 Å². The second-order valence-electron chi connectivity index (χ2n) is 4.57. The summed E-state index contributed by atoms with van der Waals surface area (Å²) >= 11 is 3.01. The van der Waals surface area contributed by atoms with Gasteiger partial charge in [-0.3, -0.25) is 0 Å².